The molecule has 0 radical (unpaired) electrons. The first-order valence-corrected chi connectivity index (χ1v) is 11.9. The zero-order valence-electron chi connectivity index (χ0n) is 20.2. The third kappa shape index (κ3) is 4.25. The Balaban J connectivity index is 2.01. The van der Waals surface area contributed by atoms with E-state index in [4.69, 9.17) is 14.2 Å². The van der Waals surface area contributed by atoms with E-state index in [0.29, 0.717) is 28.4 Å². The first-order chi connectivity index (χ1) is 16.8. The number of ether oxygens (including phenoxy) is 3. The number of aryl methyl sites for hydroxylation is 2. The van der Waals surface area contributed by atoms with Crippen LogP contribution in [0.25, 0.3) is 5.76 Å². The average Bonchev–Trinajstić information content (AvgIpc) is 3.45. The van der Waals surface area contributed by atoms with Gasteiger partial charge in [0.05, 0.1) is 45.1 Å². The predicted octanol–water partition coefficient (Wildman–Crippen LogP) is 5.01. The molecule has 1 unspecified atom stereocenters. The van der Waals surface area contributed by atoms with Gasteiger partial charge in [0, 0.05) is 10.4 Å². The van der Waals surface area contributed by atoms with Crippen molar-refractivity contribution < 1.29 is 28.9 Å². The molecule has 1 aliphatic rings. The second-order valence-electron chi connectivity index (χ2n) is 8.25. The molecule has 4 rings (SSSR count). The van der Waals surface area contributed by atoms with E-state index in [9.17, 15) is 14.7 Å². The van der Waals surface area contributed by atoms with Crippen LogP contribution >= 0.6 is 11.3 Å². The number of thiophene rings is 1. The molecule has 0 spiro atoms. The Morgan fingerprint density at radius 3 is 2.37 bits per heavy atom. The minimum Gasteiger partial charge on any atom is -0.507 e. The summed E-state index contributed by atoms with van der Waals surface area (Å²) in [6.07, 6.45) is 0. The lowest BCUT2D eigenvalue weighted by Crippen LogP contribution is -2.29. The second kappa shape index (κ2) is 9.84. The highest BCUT2D eigenvalue weighted by atomic mass is 32.1. The van der Waals surface area contributed by atoms with Crippen LogP contribution in [-0.2, 0) is 16.1 Å². The number of amides is 1. The lowest BCUT2D eigenvalue weighted by Gasteiger charge is -2.27. The highest BCUT2D eigenvalue weighted by Gasteiger charge is 2.47. The predicted molar refractivity (Wildman–Crippen MR) is 134 cm³/mol. The number of methoxy groups -OCH3 is 3. The Hall–Kier alpha value is -3.78. The minimum absolute atomic E-state index is 0.0265. The van der Waals surface area contributed by atoms with Crippen molar-refractivity contribution in [3.05, 3.63) is 80.5 Å². The summed E-state index contributed by atoms with van der Waals surface area (Å²) in [6, 6.07) is 11.8. The Morgan fingerprint density at radius 1 is 1.00 bits per heavy atom. The number of hydrogen-bond acceptors (Lipinski definition) is 7. The molecule has 0 bridgehead atoms. The smallest absolute Gasteiger partial charge is 0.295 e. The highest BCUT2D eigenvalue weighted by molar-refractivity contribution is 7.09. The van der Waals surface area contributed by atoms with Gasteiger partial charge in [0.2, 0.25) is 0 Å². The summed E-state index contributed by atoms with van der Waals surface area (Å²) in [5, 5.41) is 13.5. The van der Waals surface area contributed by atoms with E-state index in [1.807, 2.05) is 37.4 Å². The molecule has 2 heterocycles. The zero-order chi connectivity index (χ0) is 25.3. The second-order valence-corrected chi connectivity index (χ2v) is 9.28. The number of Topliss-reactive ketones (excluding diaryl/α,β-unsaturated/α-hetero) is 1. The summed E-state index contributed by atoms with van der Waals surface area (Å²) < 4.78 is 16.7. The van der Waals surface area contributed by atoms with E-state index in [-0.39, 0.29) is 17.9 Å². The Labute approximate surface area is 208 Å². The van der Waals surface area contributed by atoms with E-state index >= 15 is 0 Å². The van der Waals surface area contributed by atoms with Gasteiger partial charge in [0.15, 0.2) is 11.5 Å². The molecule has 0 aliphatic carbocycles. The van der Waals surface area contributed by atoms with Crippen molar-refractivity contribution in [2.24, 2.45) is 0 Å². The molecule has 1 aromatic heterocycles. The molecule has 8 heteroatoms. The monoisotopic (exact) mass is 493 g/mol. The van der Waals surface area contributed by atoms with Crippen molar-refractivity contribution in [1.29, 1.82) is 0 Å². The van der Waals surface area contributed by atoms with Gasteiger partial charge in [-0.1, -0.05) is 24.3 Å². The van der Waals surface area contributed by atoms with Gasteiger partial charge < -0.3 is 24.2 Å². The van der Waals surface area contributed by atoms with Crippen LogP contribution in [0.15, 0.2) is 53.4 Å². The van der Waals surface area contributed by atoms with Crippen molar-refractivity contribution in [2.75, 3.05) is 21.3 Å². The molecular weight excluding hydrogens is 466 g/mol. The lowest BCUT2D eigenvalue weighted by atomic mass is 9.93. The zero-order valence-corrected chi connectivity index (χ0v) is 21.1. The summed E-state index contributed by atoms with van der Waals surface area (Å²) in [5.41, 5.74) is 2.55. The van der Waals surface area contributed by atoms with Gasteiger partial charge in [-0.25, -0.2) is 0 Å². The van der Waals surface area contributed by atoms with E-state index in [0.717, 1.165) is 16.0 Å². The fourth-order valence-corrected chi connectivity index (χ4v) is 5.31. The maximum absolute atomic E-state index is 13.4. The number of benzene rings is 2. The standard InChI is InChI=1S/C27H27NO6S/c1-15-12-16(2)25(33-4)19(13-15)23(29)21-22(18-9-6-10-20(32-3)26(18)34-5)28(27(31)24(21)30)14-17-8-7-11-35-17/h6-13,22,29H,14H2,1-5H3/b23-21+. The Bertz CT molecular complexity index is 1310. The van der Waals surface area contributed by atoms with Crippen LogP contribution in [-0.4, -0.2) is 43.0 Å². The van der Waals surface area contributed by atoms with Crippen molar-refractivity contribution in [2.45, 2.75) is 26.4 Å². The fraction of sp³-hybridized carbons (Fsp3) is 0.259. The number of nitrogens with zero attached hydrogens (tertiary/aromatic N) is 1. The van der Waals surface area contributed by atoms with Crippen molar-refractivity contribution >= 4 is 28.8 Å². The van der Waals surface area contributed by atoms with Gasteiger partial charge >= 0.3 is 0 Å². The van der Waals surface area contributed by atoms with Crippen LogP contribution < -0.4 is 14.2 Å². The van der Waals surface area contributed by atoms with Gasteiger partial charge in [-0.3, -0.25) is 9.59 Å². The molecule has 1 atom stereocenters. The summed E-state index contributed by atoms with van der Waals surface area (Å²) >= 11 is 1.48. The van der Waals surface area contributed by atoms with Crippen molar-refractivity contribution in [3.63, 3.8) is 0 Å². The number of ketones is 1. The van der Waals surface area contributed by atoms with Crippen LogP contribution in [0, 0.1) is 13.8 Å². The molecule has 1 amide bonds. The van der Waals surface area contributed by atoms with Gasteiger partial charge in [0.1, 0.15) is 11.5 Å². The van der Waals surface area contributed by atoms with Crippen LogP contribution in [0.3, 0.4) is 0 Å². The number of aliphatic hydroxyl groups is 1. The number of hydrogen-bond donors (Lipinski definition) is 1. The molecule has 0 saturated carbocycles. The quantitative estimate of drug-likeness (QED) is 0.283. The number of carbonyl (C=O) groups excluding carboxylic acids is 2. The number of aliphatic hydroxyl groups excluding tert-OH is 1. The van der Waals surface area contributed by atoms with E-state index in [1.165, 1.54) is 37.6 Å². The Morgan fingerprint density at radius 2 is 1.74 bits per heavy atom. The molecule has 3 aromatic rings. The largest absolute Gasteiger partial charge is 0.507 e. The van der Waals surface area contributed by atoms with Crippen LogP contribution in [0.4, 0.5) is 0 Å². The highest BCUT2D eigenvalue weighted by Crippen LogP contribution is 2.47. The van der Waals surface area contributed by atoms with E-state index < -0.39 is 17.7 Å². The maximum Gasteiger partial charge on any atom is 0.295 e. The molecule has 7 nitrogen and oxygen atoms in total. The third-order valence-electron chi connectivity index (χ3n) is 6.05. The third-order valence-corrected chi connectivity index (χ3v) is 6.91. The summed E-state index contributed by atoms with van der Waals surface area (Å²) in [4.78, 5) is 29.2. The molecule has 1 aliphatic heterocycles. The first-order valence-electron chi connectivity index (χ1n) is 11.0. The average molecular weight is 494 g/mol. The maximum atomic E-state index is 13.4. The van der Waals surface area contributed by atoms with Gasteiger partial charge in [-0.05, 0) is 48.6 Å². The normalized spacial score (nSPS) is 17.1. The SMILES string of the molecule is COc1cccc(C2/C(=C(\O)c3cc(C)cc(C)c3OC)C(=O)C(=O)N2Cc2cccs2)c1OC. The summed E-state index contributed by atoms with van der Waals surface area (Å²) in [6.45, 7) is 3.95. The van der Waals surface area contributed by atoms with Crippen LogP contribution in [0.5, 0.6) is 17.2 Å². The minimum atomic E-state index is -0.896. The molecule has 1 fully saturated rings. The van der Waals surface area contributed by atoms with E-state index in [1.54, 1.807) is 24.3 Å². The first kappa shape index (κ1) is 24.3. The summed E-state index contributed by atoms with van der Waals surface area (Å²) in [5.74, 6) is -0.482. The molecule has 1 N–H and O–H groups in total. The van der Waals surface area contributed by atoms with Gasteiger partial charge in [0.25, 0.3) is 11.7 Å². The number of rotatable bonds is 7. The molecule has 35 heavy (non-hydrogen) atoms. The molecule has 2 aromatic carbocycles. The van der Waals surface area contributed by atoms with E-state index in [2.05, 4.69) is 0 Å². The van der Waals surface area contributed by atoms with Crippen LogP contribution in [0.1, 0.15) is 33.2 Å². The van der Waals surface area contributed by atoms with Gasteiger partial charge in [-0.2, -0.15) is 0 Å². The van der Waals surface area contributed by atoms with Gasteiger partial charge in [-0.15, -0.1) is 11.3 Å². The number of para-hydroxylation sites is 1. The summed E-state index contributed by atoms with van der Waals surface area (Å²) in [7, 11) is 4.52. The van der Waals surface area contributed by atoms with Crippen LogP contribution in [0.2, 0.25) is 0 Å². The lowest BCUT2D eigenvalue weighted by molar-refractivity contribution is -0.140. The van der Waals surface area contributed by atoms with Crippen molar-refractivity contribution in [3.8, 4) is 17.2 Å². The molecular formula is C27H27NO6S. The number of carbonyl (C=O) groups is 2. The number of likely N-dealkylation sites (tertiary alicyclic amines) is 1. The Kier molecular flexibility index (Phi) is 6.84. The fourth-order valence-electron chi connectivity index (χ4n) is 4.61. The molecule has 1 saturated heterocycles. The topological polar surface area (TPSA) is 85.3 Å². The van der Waals surface area contributed by atoms with Crippen molar-refractivity contribution in [1.82, 2.24) is 4.90 Å². The molecule has 182 valence electrons.